The molecule has 1 nitrogen and oxygen atoms in total. The molecule has 0 bridgehead atoms. The molecule has 1 atom stereocenters. The molecule has 0 amide bonds. The molecule has 0 aliphatic carbocycles. The van der Waals surface area contributed by atoms with Crippen LogP contribution in [0.2, 0.25) is 13.7 Å². The third-order valence-corrected chi connectivity index (χ3v) is 4.28. The average molecular weight is 325 g/mol. The van der Waals surface area contributed by atoms with Crippen LogP contribution in [-0.2, 0) is 6.42 Å². The molecule has 2 rings (SSSR count). The Balaban J connectivity index is 2.23. The van der Waals surface area contributed by atoms with Crippen molar-refractivity contribution in [2.75, 3.05) is 0 Å². The largest absolute Gasteiger partial charge is 0.324 e. The summed E-state index contributed by atoms with van der Waals surface area (Å²) in [6.07, 6.45) is 0.319. The Morgan fingerprint density at radius 1 is 1.22 bits per heavy atom. The van der Waals surface area contributed by atoms with Gasteiger partial charge in [0.25, 0.3) is 0 Å². The first-order valence-electron chi connectivity index (χ1n) is 5.11. The van der Waals surface area contributed by atoms with Crippen molar-refractivity contribution in [2.45, 2.75) is 12.5 Å². The first kappa shape index (κ1) is 14.1. The summed E-state index contributed by atoms with van der Waals surface area (Å²) in [5.41, 5.74) is 7.21. The minimum Gasteiger partial charge on any atom is -0.324 e. The molecule has 0 aliphatic heterocycles. The minimum absolute atomic E-state index is 0.319. The van der Waals surface area contributed by atoms with Gasteiger partial charge in [0.1, 0.15) is 5.82 Å². The van der Waals surface area contributed by atoms with Gasteiger partial charge in [-0.05, 0) is 36.2 Å². The predicted octanol–water partition coefficient (Wildman–Crippen LogP) is 5.09. The molecule has 0 aliphatic rings. The lowest BCUT2D eigenvalue weighted by Crippen LogP contribution is -2.13. The van der Waals surface area contributed by atoms with Gasteiger partial charge in [0, 0.05) is 16.6 Å². The zero-order chi connectivity index (χ0) is 13.3. The number of halogens is 4. The average Bonchev–Trinajstić information content (AvgIpc) is 2.63. The van der Waals surface area contributed by atoms with Gasteiger partial charge in [-0.3, -0.25) is 0 Å². The Kier molecular flexibility index (Phi) is 4.51. The molecule has 1 aromatic heterocycles. The van der Waals surface area contributed by atoms with Gasteiger partial charge in [0.05, 0.1) is 8.67 Å². The second kappa shape index (κ2) is 5.76. The zero-order valence-corrected chi connectivity index (χ0v) is 12.2. The summed E-state index contributed by atoms with van der Waals surface area (Å²) in [5.74, 6) is -0.327. The maximum absolute atomic E-state index is 13.6. The fraction of sp³-hybridized carbons (Fsp3) is 0.167. The Bertz CT molecular complexity index is 570. The quantitative estimate of drug-likeness (QED) is 0.836. The van der Waals surface area contributed by atoms with Gasteiger partial charge in [-0.25, -0.2) is 4.39 Å². The van der Waals surface area contributed by atoms with Crippen LogP contribution in [-0.4, -0.2) is 0 Å². The first-order chi connectivity index (χ1) is 8.47. The number of hydrogen-bond donors (Lipinski definition) is 1. The van der Waals surface area contributed by atoms with Crippen molar-refractivity contribution in [3.05, 3.63) is 54.9 Å². The lowest BCUT2D eigenvalue weighted by atomic mass is 10.0. The minimum atomic E-state index is -0.408. The lowest BCUT2D eigenvalue weighted by molar-refractivity contribution is 0.594. The van der Waals surface area contributed by atoms with Crippen molar-refractivity contribution < 1.29 is 4.39 Å². The van der Waals surface area contributed by atoms with E-state index in [0.717, 1.165) is 5.56 Å². The maximum atomic E-state index is 13.6. The van der Waals surface area contributed by atoms with Gasteiger partial charge in [-0.2, -0.15) is 0 Å². The maximum Gasteiger partial charge on any atom is 0.126 e. The Morgan fingerprint density at radius 2 is 1.94 bits per heavy atom. The molecule has 96 valence electrons. The summed E-state index contributed by atoms with van der Waals surface area (Å²) in [6, 6.07) is 5.70. The molecule has 0 fully saturated rings. The molecule has 6 heteroatoms. The number of benzene rings is 1. The van der Waals surface area contributed by atoms with Crippen LogP contribution in [0.25, 0.3) is 0 Å². The van der Waals surface area contributed by atoms with Crippen molar-refractivity contribution in [3.8, 4) is 0 Å². The van der Waals surface area contributed by atoms with Gasteiger partial charge < -0.3 is 5.73 Å². The molecular weight excluding hydrogens is 316 g/mol. The second-order valence-corrected chi connectivity index (χ2v) is 6.55. The molecule has 0 saturated carbocycles. The van der Waals surface area contributed by atoms with Crippen LogP contribution in [0.4, 0.5) is 4.39 Å². The number of rotatable bonds is 3. The van der Waals surface area contributed by atoms with Crippen LogP contribution >= 0.6 is 46.1 Å². The molecule has 2 aromatic rings. The van der Waals surface area contributed by atoms with Crippen LogP contribution in [0.5, 0.6) is 0 Å². The first-order valence-corrected chi connectivity index (χ1v) is 7.06. The Hall–Kier alpha value is -0.320. The van der Waals surface area contributed by atoms with E-state index in [1.54, 1.807) is 12.1 Å². The predicted molar refractivity (Wildman–Crippen MR) is 76.4 cm³/mol. The van der Waals surface area contributed by atoms with Gasteiger partial charge in [-0.1, -0.05) is 34.8 Å². The summed E-state index contributed by atoms with van der Waals surface area (Å²) < 4.78 is 14.7. The van der Waals surface area contributed by atoms with E-state index in [4.69, 9.17) is 40.5 Å². The Labute approximate surface area is 123 Å². The number of nitrogens with two attached hydrogens (primary N) is 1. The van der Waals surface area contributed by atoms with Crippen molar-refractivity contribution in [2.24, 2.45) is 5.73 Å². The second-order valence-electron chi connectivity index (χ2n) is 3.83. The monoisotopic (exact) mass is 323 g/mol. The summed E-state index contributed by atoms with van der Waals surface area (Å²) in [6.45, 7) is 0. The highest BCUT2D eigenvalue weighted by Crippen LogP contribution is 2.35. The van der Waals surface area contributed by atoms with E-state index < -0.39 is 6.04 Å². The van der Waals surface area contributed by atoms with E-state index in [1.165, 1.54) is 23.5 Å². The molecule has 0 radical (unpaired) electrons. The smallest absolute Gasteiger partial charge is 0.126 e. The molecule has 0 saturated heterocycles. The van der Waals surface area contributed by atoms with Crippen LogP contribution in [0, 0.1) is 5.82 Å². The van der Waals surface area contributed by atoms with Gasteiger partial charge >= 0.3 is 0 Å². The number of thiophene rings is 1. The molecule has 2 N–H and O–H groups in total. The van der Waals surface area contributed by atoms with Gasteiger partial charge in [-0.15, -0.1) is 11.3 Å². The van der Waals surface area contributed by atoms with E-state index in [-0.39, 0.29) is 5.82 Å². The normalized spacial score (nSPS) is 12.7. The highest BCUT2D eigenvalue weighted by Gasteiger charge is 2.16. The summed E-state index contributed by atoms with van der Waals surface area (Å²) in [4.78, 5) is 0. The van der Waals surface area contributed by atoms with Gasteiger partial charge in [0.2, 0.25) is 0 Å². The third kappa shape index (κ3) is 3.16. The molecule has 18 heavy (non-hydrogen) atoms. The molecular formula is C12H9Cl3FNS. The van der Waals surface area contributed by atoms with E-state index in [2.05, 4.69) is 0 Å². The lowest BCUT2D eigenvalue weighted by Gasteiger charge is -2.11. The Morgan fingerprint density at radius 3 is 2.56 bits per heavy atom. The molecule has 1 unspecified atom stereocenters. The fourth-order valence-electron chi connectivity index (χ4n) is 1.65. The van der Waals surface area contributed by atoms with Crippen LogP contribution in [0.15, 0.2) is 24.3 Å². The van der Waals surface area contributed by atoms with Gasteiger partial charge in [0.15, 0.2) is 0 Å². The molecule has 1 heterocycles. The summed E-state index contributed by atoms with van der Waals surface area (Å²) in [7, 11) is 0. The van der Waals surface area contributed by atoms with E-state index in [9.17, 15) is 4.39 Å². The highest BCUT2D eigenvalue weighted by molar-refractivity contribution is 7.20. The van der Waals surface area contributed by atoms with E-state index >= 15 is 0 Å². The van der Waals surface area contributed by atoms with Crippen molar-refractivity contribution in [1.29, 1.82) is 0 Å². The van der Waals surface area contributed by atoms with E-state index in [0.29, 0.717) is 25.7 Å². The van der Waals surface area contributed by atoms with E-state index in [1.807, 2.05) is 0 Å². The standard InChI is InChI=1S/C12H9Cl3FNS/c13-7-1-2-9(16)6(3-7)4-10(17)8-5-11(14)18-12(8)15/h1-3,5,10H,4,17H2. The third-order valence-electron chi connectivity index (χ3n) is 2.53. The topological polar surface area (TPSA) is 26.0 Å². The van der Waals surface area contributed by atoms with Crippen molar-refractivity contribution in [3.63, 3.8) is 0 Å². The fourth-order valence-corrected chi connectivity index (χ4v) is 3.44. The SMILES string of the molecule is NC(Cc1cc(Cl)ccc1F)c1cc(Cl)sc1Cl. The van der Waals surface area contributed by atoms with Crippen LogP contribution < -0.4 is 5.73 Å². The molecule has 0 spiro atoms. The van der Waals surface area contributed by atoms with Crippen LogP contribution in [0.3, 0.4) is 0 Å². The van der Waals surface area contributed by atoms with Crippen molar-refractivity contribution >= 4 is 46.1 Å². The summed E-state index contributed by atoms with van der Waals surface area (Å²) in [5, 5.41) is 0.480. The number of hydrogen-bond acceptors (Lipinski definition) is 2. The molecule has 1 aromatic carbocycles. The highest BCUT2D eigenvalue weighted by atomic mass is 35.5. The zero-order valence-electron chi connectivity index (χ0n) is 9.09. The van der Waals surface area contributed by atoms with Crippen LogP contribution in [0.1, 0.15) is 17.2 Å². The van der Waals surface area contributed by atoms with Crippen molar-refractivity contribution in [1.82, 2.24) is 0 Å². The summed E-state index contributed by atoms with van der Waals surface area (Å²) >= 11 is 18.9.